The minimum atomic E-state index is 0. The molecule has 0 bridgehead atoms. The van der Waals surface area contributed by atoms with Gasteiger partial charge in [-0.1, -0.05) is 25.0 Å². The zero-order chi connectivity index (χ0) is 18.2. The maximum absolute atomic E-state index is 5.30. The number of guanidine groups is 1. The lowest BCUT2D eigenvalue weighted by Crippen LogP contribution is -2.45. The summed E-state index contributed by atoms with van der Waals surface area (Å²) < 4.78 is 5.30. The average molecular weight is 486 g/mol. The van der Waals surface area contributed by atoms with E-state index in [0.29, 0.717) is 6.04 Å². The normalized spacial score (nSPS) is 21.1. The molecule has 1 aromatic carbocycles. The first-order valence-corrected chi connectivity index (χ1v) is 10.2. The summed E-state index contributed by atoms with van der Waals surface area (Å²) in [7, 11) is 1.71. The molecular weight excluding hydrogens is 451 g/mol. The summed E-state index contributed by atoms with van der Waals surface area (Å²) in [6.45, 7) is 6.18. The Labute approximate surface area is 181 Å². The maximum Gasteiger partial charge on any atom is 0.191 e. The molecule has 1 aliphatic carbocycles. The molecule has 0 aromatic heterocycles. The Hall–Kier alpha value is -1.02. The van der Waals surface area contributed by atoms with Crippen LogP contribution in [0.25, 0.3) is 0 Å². The van der Waals surface area contributed by atoms with Crippen LogP contribution in [-0.2, 0) is 6.42 Å². The Morgan fingerprint density at radius 1 is 1.26 bits per heavy atom. The van der Waals surface area contributed by atoms with Crippen molar-refractivity contribution in [2.24, 2.45) is 4.99 Å². The highest BCUT2D eigenvalue weighted by atomic mass is 127. The molecule has 1 saturated carbocycles. The highest BCUT2D eigenvalue weighted by Crippen LogP contribution is 2.26. The van der Waals surface area contributed by atoms with Gasteiger partial charge in [-0.3, -0.25) is 9.89 Å². The van der Waals surface area contributed by atoms with E-state index >= 15 is 0 Å². The predicted octanol–water partition coefficient (Wildman–Crippen LogP) is 3.43. The van der Waals surface area contributed by atoms with Crippen LogP contribution in [0.1, 0.15) is 44.6 Å². The maximum atomic E-state index is 5.30. The number of halogens is 1. The van der Waals surface area contributed by atoms with Crippen molar-refractivity contribution in [3.05, 3.63) is 29.8 Å². The summed E-state index contributed by atoms with van der Waals surface area (Å²) in [5, 5.41) is 7.05. The second kappa shape index (κ2) is 11.7. The van der Waals surface area contributed by atoms with E-state index in [1.807, 2.05) is 12.1 Å². The van der Waals surface area contributed by atoms with Crippen LogP contribution < -0.4 is 15.4 Å². The number of ether oxygens (including phenoxy) is 1. The van der Waals surface area contributed by atoms with Crippen LogP contribution in [-0.4, -0.2) is 56.2 Å². The van der Waals surface area contributed by atoms with E-state index in [9.17, 15) is 0 Å². The second-order valence-corrected chi connectivity index (χ2v) is 7.43. The van der Waals surface area contributed by atoms with Gasteiger partial charge in [0.2, 0.25) is 0 Å². The summed E-state index contributed by atoms with van der Waals surface area (Å²) in [5.41, 5.74) is 1.26. The Morgan fingerprint density at radius 2 is 2.07 bits per heavy atom. The standard InChI is InChI=1S/C21H34N4O.HI/c1-3-22-21(23-13-11-17-7-6-10-20(15-17)26-2)24-18-12-14-25(16-18)19-8-4-5-9-19;/h6-7,10,15,18-19H,3-5,8-9,11-14,16H2,1-2H3,(H2,22,23,24);1H. The molecule has 3 rings (SSSR count). The van der Waals surface area contributed by atoms with Gasteiger partial charge in [-0.05, 0) is 50.3 Å². The first kappa shape index (κ1) is 22.3. The zero-order valence-electron chi connectivity index (χ0n) is 16.7. The number of nitrogens with one attached hydrogen (secondary N) is 2. The molecule has 152 valence electrons. The average Bonchev–Trinajstić information content (AvgIpc) is 3.33. The topological polar surface area (TPSA) is 48.9 Å². The molecule has 1 atom stereocenters. The second-order valence-electron chi connectivity index (χ2n) is 7.43. The van der Waals surface area contributed by atoms with Crippen molar-refractivity contribution in [1.82, 2.24) is 15.5 Å². The van der Waals surface area contributed by atoms with Crippen LogP contribution in [0, 0.1) is 0 Å². The minimum Gasteiger partial charge on any atom is -0.497 e. The van der Waals surface area contributed by atoms with E-state index in [0.717, 1.165) is 43.8 Å². The van der Waals surface area contributed by atoms with Crippen molar-refractivity contribution in [2.45, 2.75) is 57.5 Å². The van der Waals surface area contributed by atoms with Gasteiger partial charge in [-0.25, -0.2) is 0 Å². The van der Waals surface area contributed by atoms with Crippen LogP contribution >= 0.6 is 24.0 Å². The number of aliphatic imine (C=N–C) groups is 1. The van der Waals surface area contributed by atoms with Crippen LogP contribution in [0.2, 0.25) is 0 Å². The summed E-state index contributed by atoms with van der Waals surface area (Å²) in [6, 6.07) is 9.59. The Morgan fingerprint density at radius 3 is 2.81 bits per heavy atom. The molecule has 0 radical (unpaired) electrons. The third-order valence-electron chi connectivity index (χ3n) is 5.55. The fraction of sp³-hybridized carbons (Fsp3) is 0.667. The SMILES string of the molecule is CCNC(=NCCc1cccc(OC)c1)NC1CCN(C2CCCC2)C1.I. The number of hydrogen-bond donors (Lipinski definition) is 2. The number of nitrogens with zero attached hydrogens (tertiary/aromatic N) is 2. The lowest BCUT2D eigenvalue weighted by atomic mass is 10.1. The highest BCUT2D eigenvalue weighted by molar-refractivity contribution is 14.0. The molecule has 1 aromatic rings. The van der Waals surface area contributed by atoms with Gasteiger partial charge in [0.25, 0.3) is 0 Å². The van der Waals surface area contributed by atoms with Gasteiger partial charge in [-0.15, -0.1) is 24.0 Å². The first-order chi connectivity index (χ1) is 12.8. The Kier molecular flexibility index (Phi) is 9.68. The third-order valence-corrected chi connectivity index (χ3v) is 5.55. The molecule has 1 aliphatic heterocycles. The molecule has 2 N–H and O–H groups in total. The number of rotatable bonds is 7. The molecular formula is C21H35IN4O. The van der Waals surface area contributed by atoms with Crippen LogP contribution in [0.4, 0.5) is 0 Å². The van der Waals surface area contributed by atoms with Gasteiger partial charge in [0.15, 0.2) is 5.96 Å². The monoisotopic (exact) mass is 486 g/mol. The lowest BCUT2D eigenvalue weighted by molar-refractivity contribution is 0.242. The van der Waals surface area contributed by atoms with Crippen molar-refractivity contribution in [3.63, 3.8) is 0 Å². The van der Waals surface area contributed by atoms with Gasteiger partial charge < -0.3 is 15.4 Å². The molecule has 6 heteroatoms. The third kappa shape index (κ3) is 6.82. The van der Waals surface area contributed by atoms with Gasteiger partial charge in [-0.2, -0.15) is 0 Å². The van der Waals surface area contributed by atoms with E-state index < -0.39 is 0 Å². The number of methoxy groups -OCH3 is 1. The van der Waals surface area contributed by atoms with Gasteiger partial charge in [0.05, 0.1) is 7.11 Å². The predicted molar refractivity (Wildman–Crippen MR) is 123 cm³/mol. The Bertz CT molecular complexity index is 589. The Balaban J connectivity index is 0.00000261. The van der Waals surface area contributed by atoms with Gasteiger partial charge in [0, 0.05) is 38.3 Å². The van der Waals surface area contributed by atoms with Crippen LogP contribution in [0.15, 0.2) is 29.3 Å². The fourth-order valence-electron chi connectivity index (χ4n) is 4.14. The summed E-state index contributed by atoms with van der Waals surface area (Å²) >= 11 is 0. The van der Waals surface area contributed by atoms with Crippen LogP contribution in [0.5, 0.6) is 5.75 Å². The molecule has 0 amide bonds. The molecule has 2 fully saturated rings. The van der Waals surface area contributed by atoms with E-state index in [1.165, 1.54) is 44.2 Å². The van der Waals surface area contributed by atoms with Gasteiger partial charge in [0.1, 0.15) is 5.75 Å². The summed E-state index contributed by atoms with van der Waals surface area (Å²) in [5.74, 6) is 1.86. The fourth-order valence-corrected chi connectivity index (χ4v) is 4.14. The first-order valence-electron chi connectivity index (χ1n) is 10.2. The quantitative estimate of drug-likeness (QED) is 0.352. The van der Waals surface area contributed by atoms with E-state index in [2.05, 4.69) is 34.6 Å². The molecule has 1 unspecified atom stereocenters. The smallest absolute Gasteiger partial charge is 0.191 e. The number of benzene rings is 1. The summed E-state index contributed by atoms with van der Waals surface area (Å²) in [4.78, 5) is 7.47. The summed E-state index contributed by atoms with van der Waals surface area (Å²) in [6.07, 6.45) is 7.74. The van der Waals surface area contributed by atoms with Crippen LogP contribution in [0.3, 0.4) is 0 Å². The van der Waals surface area contributed by atoms with E-state index in [-0.39, 0.29) is 24.0 Å². The number of likely N-dealkylation sites (tertiary alicyclic amines) is 1. The lowest BCUT2D eigenvalue weighted by Gasteiger charge is -2.24. The zero-order valence-corrected chi connectivity index (χ0v) is 19.1. The van der Waals surface area contributed by atoms with Gasteiger partial charge >= 0.3 is 0 Å². The molecule has 1 saturated heterocycles. The molecule has 1 heterocycles. The van der Waals surface area contributed by atoms with Crippen molar-refractivity contribution in [1.29, 1.82) is 0 Å². The molecule has 2 aliphatic rings. The minimum absolute atomic E-state index is 0. The van der Waals surface area contributed by atoms with Crippen molar-refractivity contribution < 1.29 is 4.74 Å². The molecule has 27 heavy (non-hydrogen) atoms. The van der Waals surface area contributed by atoms with E-state index in [4.69, 9.17) is 9.73 Å². The van der Waals surface area contributed by atoms with Crippen molar-refractivity contribution in [2.75, 3.05) is 33.3 Å². The largest absolute Gasteiger partial charge is 0.497 e. The van der Waals surface area contributed by atoms with E-state index in [1.54, 1.807) is 7.11 Å². The number of hydrogen-bond acceptors (Lipinski definition) is 3. The highest BCUT2D eigenvalue weighted by Gasteiger charge is 2.30. The molecule has 5 nitrogen and oxygen atoms in total. The van der Waals surface area contributed by atoms with Crippen molar-refractivity contribution >= 4 is 29.9 Å². The van der Waals surface area contributed by atoms with Crippen molar-refractivity contribution in [3.8, 4) is 5.75 Å². The molecule has 0 spiro atoms.